The van der Waals surface area contributed by atoms with E-state index in [-0.39, 0.29) is 10.6 Å². The van der Waals surface area contributed by atoms with E-state index in [1.165, 1.54) is 30.7 Å². The number of para-hydroxylation sites is 1. The number of carbonyl (C=O) groups is 1. The number of hydrogen-bond acceptors (Lipinski definition) is 5. The van der Waals surface area contributed by atoms with Crippen molar-refractivity contribution in [2.45, 2.75) is 18.7 Å². The molecule has 2 aromatic heterocycles. The average molecular weight is 522 g/mol. The molecule has 1 N–H and O–H groups in total. The minimum atomic E-state index is -4.01. The molecule has 0 atom stereocenters. The van der Waals surface area contributed by atoms with Crippen molar-refractivity contribution >= 4 is 39.4 Å². The molecule has 10 heteroatoms. The van der Waals surface area contributed by atoms with Crippen molar-refractivity contribution in [1.82, 2.24) is 15.0 Å². The molecule has 0 radical (unpaired) electrons. The molecule has 0 unspecified atom stereocenters. The van der Waals surface area contributed by atoms with E-state index in [1.54, 1.807) is 30.3 Å². The summed E-state index contributed by atoms with van der Waals surface area (Å²) >= 11 is 6.37. The molecule has 36 heavy (non-hydrogen) atoms. The Morgan fingerprint density at radius 3 is 2.50 bits per heavy atom. The van der Waals surface area contributed by atoms with E-state index in [4.69, 9.17) is 11.6 Å². The smallest absolute Gasteiger partial charge is 0.264 e. The molecule has 1 amide bonds. The maximum absolute atomic E-state index is 13.3. The second-order valence-electron chi connectivity index (χ2n) is 7.94. The van der Waals surface area contributed by atoms with Gasteiger partial charge in [0.25, 0.3) is 15.9 Å². The number of aryl methyl sites for hydroxylation is 1. The Bertz CT molecular complexity index is 1500. The van der Waals surface area contributed by atoms with Gasteiger partial charge in [-0.25, -0.2) is 13.8 Å². The average Bonchev–Trinajstić information content (AvgIpc) is 3.16. The maximum atomic E-state index is 13.3. The number of pyridine rings is 1. The van der Waals surface area contributed by atoms with Gasteiger partial charge in [0, 0.05) is 23.1 Å². The van der Waals surface area contributed by atoms with Crippen molar-refractivity contribution in [2.24, 2.45) is 5.10 Å². The number of nitrogens with one attached hydrogen (secondary N) is 1. The van der Waals surface area contributed by atoms with Gasteiger partial charge in [0.05, 0.1) is 33.7 Å². The lowest BCUT2D eigenvalue weighted by molar-refractivity contribution is -0.119. The lowest BCUT2D eigenvalue weighted by atomic mass is 10.2. The van der Waals surface area contributed by atoms with Crippen molar-refractivity contribution in [1.29, 1.82) is 0 Å². The SMILES string of the molecule is Cc1cc(/C=N\NC(=O)CN(c2cccnc2)S(=O)(=O)c2ccccc2)c(C)n1-c1ccccc1Cl. The first-order chi connectivity index (χ1) is 17.3. The highest BCUT2D eigenvalue weighted by atomic mass is 35.5. The Labute approximate surface area is 214 Å². The largest absolute Gasteiger partial charge is 0.316 e. The Hall–Kier alpha value is -3.95. The third-order valence-corrected chi connectivity index (χ3v) is 7.62. The molecule has 184 valence electrons. The Balaban J connectivity index is 1.54. The van der Waals surface area contributed by atoms with Crippen LogP contribution in [-0.2, 0) is 14.8 Å². The van der Waals surface area contributed by atoms with Gasteiger partial charge in [-0.05, 0) is 56.3 Å². The summed E-state index contributed by atoms with van der Waals surface area (Å²) in [6, 6.07) is 20.5. The van der Waals surface area contributed by atoms with E-state index in [9.17, 15) is 13.2 Å². The van der Waals surface area contributed by atoms with Gasteiger partial charge < -0.3 is 4.57 Å². The summed E-state index contributed by atoms with van der Waals surface area (Å²) < 4.78 is 29.6. The number of anilines is 1. The molecule has 8 nitrogen and oxygen atoms in total. The van der Waals surface area contributed by atoms with Crippen molar-refractivity contribution in [3.05, 3.63) is 107 Å². The van der Waals surface area contributed by atoms with Crippen molar-refractivity contribution in [3.63, 3.8) is 0 Å². The number of nitrogens with zero attached hydrogens (tertiary/aromatic N) is 4. The highest BCUT2D eigenvalue weighted by Crippen LogP contribution is 2.26. The predicted octanol–water partition coefficient (Wildman–Crippen LogP) is 4.49. The zero-order valence-corrected chi connectivity index (χ0v) is 21.2. The van der Waals surface area contributed by atoms with Crippen LogP contribution in [0.1, 0.15) is 17.0 Å². The molecule has 0 aliphatic carbocycles. The van der Waals surface area contributed by atoms with Crippen molar-refractivity contribution in [3.8, 4) is 5.69 Å². The highest BCUT2D eigenvalue weighted by molar-refractivity contribution is 7.92. The number of rotatable bonds is 8. The Morgan fingerprint density at radius 1 is 1.08 bits per heavy atom. The molecule has 4 rings (SSSR count). The molecule has 0 spiro atoms. The number of hydrazone groups is 1. The van der Waals surface area contributed by atoms with Crippen molar-refractivity contribution < 1.29 is 13.2 Å². The first kappa shape index (κ1) is 25.2. The topological polar surface area (TPSA) is 96.7 Å². The molecule has 0 aliphatic heterocycles. The minimum Gasteiger partial charge on any atom is -0.316 e. The first-order valence-corrected chi connectivity index (χ1v) is 12.8. The van der Waals surface area contributed by atoms with Gasteiger partial charge in [0.2, 0.25) is 0 Å². The van der Waals surface area contributed by atoms with Crippen LogP contribution in [0, 0.1) is 13.8 Å². The van der Waals surface area contributed by atoms with Crippen LogP contribution < -0.4 is 9.73 Å². The van der Waals surface area contributed by atoms with Gasteiger partial charge >= 0.3 is 0 Å². The fourth-order valence-electron chi connectivity index (χ4n) is 3.80. The monoisotopic (exact) mass is 521 g/mol. The number of benzene rings is 2. The zero-order chi connectivity index (χ0) is 25.7. The predicted molar refractivity (Wildman–Crippen MR) is 141 cm³/mol. The lowest BCUT2D eigenvalue weighted by Crippen LogP contribution is -2.39. The summed E-state index contributed by atoms with van der Waals surface area (Å²) in [5, 5.41) is 4.68. The molecule has 0 bridgehead atoms. The van der Waals surface area contributed by atoms with Gasteiger partial charge in [-0.3, -0.25) is 14.1 Å². The summed E-state index contributed by atoms with van der Waals surface area (Å²) in [6.07, 6.45) is 4.44. The number of sulfonamides is 1. The molecule has 0 fully saturated rings. The summed E-state index contributed by atoms with van der Waals surface area (Å²) in [6.45, 7) is 3.40. The number of halogens is 1. The van der Waals surface area contributed by atoms with E-state index >= 15 is 0 Å². The van der Waals surface area contributed by atoms with Crippen LogP contribution >= 0.6 is 11.6 Å². The third kappa shape index (κ3) is 5.32. The molecular weight excluding hydrogens is 498 g/mol. The van der Waals surface area contributed by atoms with E-state index < -0.39 is 22.5 Å². The van der Waals surface area contributed by atoms with E-state index in [1.807, 2.05) is 48.7 Å². The second-order valence-corrected chi connectivity index (χ2v) is 10.2. The van der Waals surface area contributed by atoms with Gasteiger partial charge in [-0.1, -0.05) is 41.9 Å². The fourth-order valence-corrected chi connectivity index (χ4v) is 5.45. The van der Waals surface area contributed by atoms with Crippen LogP contribution in [0.3, 0.4) is 0 Å². The Morgan fingerprint density at radius 2 is 1.81 bits per heavy atom. The first-order valence-electron chi connectivity index (χ1n) is 11.0. The quantitative estimate of drug-likeness (QED) is 0.273. The van der Waals surface area contributed by atoms with E-state index in [0.717, 1.165) is 26.9 Å². The minimum absolute atomic E-state index is 0.0668. The lowest BCUT2D eigenvalue weighted by Gasteiger charge is -2.23. The molecule has 0 saturated heterocycles. The number of aromatic nitrogens is 2. The van der Waals surface area contributed by atoms with Gasteiger partial charge in [-0.2, -0.15) is 5.10 Å². The van der Waals surface area contributed by atoms with Crippen LogP contribution in [0.4, 0.5) is 5.69 Å². The van der Waals surface area contributed by atoms with Crippen LogP contribution in [0.5, 0.6) is 0 Å². The summed E-state index contributed by atoms with van der Waals surface area (Å²) in [5.41, 5.74) is 6.17. The number of hydrogen-bond donors (Lipinski definition) is 1. The van der Waals surface area contributed by atoms with E-state index in [0.29, 0.717) is 5.02 Å². The highest BCUT2D eigenvalue weighted by Gasteiger charge is 2.27. The van der Waals surface area contributed by atoms with Gasteiger partial charge in [0.1, 0.15) is 6.54 Å². The van der Waals surface area contributed by atoms with Crippen LogP contribution in [0.2, 0.25) is 5.02 Å². The zero-order valence-electron chi connectivity index (χ0n) is 19.7. The summed E-state index contributed by atoms with van der Waals surface area (Å²) in [5.74, 6) is -0.602. The van der Waals surface area contributed by atoms with Crippen molar-refractivity contribution in [2.75, 3.05) is 10.8 Å². The Kier molecular flexibility index (Phi) is 7.52. The number of carbonyl (C=O) groups excluding carboxylic acids is 1. The normalized spacial score (nSPS) is 11.5. The van der Waals surface area contributed by atoms with Crippen LogP contribution in [0.25, 0.3) is 5.69 Å². The molecular formula is C26H24ClN5O3S. The van der Waals surface area contributed by atoms with Gasteiger partial charge in [-0.15, -0.1) is 0 Å². The third-order valence-electron chi connectivity index (χ3n) is 5.51. The molecule has 2 aromatic carbocycles. The fraction of sp³-hybridized carbons (Fsp3) is 0.115. The van der Waals surface area contributed by atoms with Crippen LogP contribution in [0.15, 0.2) is 95.2 Å². The molecule has 2 heterocycles. The van der Waals surface area contributed by atoms with Gasteiger partial charge in [0.15, 0.2) is 0 Å². The number of amides is 1. The molecule has 0 saturated carbocycles. The van der Waals surface area contributed by atoms with E-state index in [2.05, 4.69) is 15.5 Å². The summed E-state index contributed by atoms with van der Waals surface area (Å²) in [4.78, 5) is 16.8. The maximum Gasteiger partial charge on any atom is 0.264 e. The summed E-state index contributed by atoms with van der Waals surface area (Å²) in [7, 11) is -4.01. The van der Waals surface area contributed by atoms with Crippen LogP contribution in [-0.4, -0.2) is 36.6 Å². The molecule has 4 aromatic rings. The second kappa shape index (κ2) is 10.8. The molecule has 0 aliphatic rings. The standard InChI is InChI=1S/C26H24ClN5O3S/c1-19-15-21(20(2)32(19)25-13-7-6-12-24(25)27)16-29-30-26(33)18-31(22-9-8-14-28-17-22)36(34,35)23-10-4-3-5-11-23/h3-17H,18H2,1-2H3,(H,30,33)/b29-16-.